The second-order valence-corrected chi connectivity index (χ2v) is 6.61. The number of carbonyl (C=O) groups is 1. The van der Waals surface area contributed by atoms with E-state index in [0.717, 1.165) is 12.2 Å². The molecule has 1 unspecified atom stereocenters. The molecule has 0 N–H and O–H groups in total. The van der Waals surface area contributed by atoms with E-state index in [9.17, 15) is 4.79 Å². The van der Waals surface area contributed by atoms with E-state index in [2.05, 4.69) is 55.3 Å². The van der Waals surface area contributed by atoms with E-state index < -0.39 is 0 Å². The molecule has 2 aliphatic rings. The summed E-state index contributed by atoms with van der Waals surface area (Å²) in [6, 6.07) is 14.9. The lowest BCUT2D eigenvalue weighted by Gasteiger charge is -2.39. The van der Waals surface area contributed by atoms with Gasteiger partial charge in [0.25, 0.3) is 0 Å². The number of hydrogen-bond acceptors (Lipinski definition) is 2. The summed E-state index contributed by atoms with van der Waals surface area (Å²) in [5.74, 6) is 0.196. The summed E-state index contributed by atoms with van der Waals surface area (Å²) in [7, 11) is 4.00. The lowest BCUT2D eigenvalue weighted by Crippen LogP contribution is -2.45. The van der Waals surface area contributed by atoms with Crippen LogP contribution in [-0.2, 0) is 10.2 Å². The minimum absolute atomic E-state index is 0.196. The first-order chi connectivity index (χ1) is 10.5. The number of anilines is 2. The first kappa shape index (κ1) is 13.4. The van der Waals surface area contributed by atoms with Crippen molar-refractivity contribution in [3.05, 3.63) is 59.2 Å². The van der Waals surface area contributed by atoms with Crippen LogP contribution in [0.1, 0.15) is 23.1 Å². The van der Waals surface area contributed by atoms with Crippen molar-refractivity contribution in [3.63, 3.8) is 0 Å². The number of fused-ring (bicyclic) bond motifs is 4. The van der Waals surface area contributed by atoms with Gasteiger partial charge in [-0.3, -0.25) is 4.79 Å². The fourth-order valence-electron chi connectivity index (χ4n) is 4.10. The molecule has 2 aromatic rings. The highest BCUT2D eigenvalue weighted by Gasteiger charge is 2.49. The Balaban J connectivity index is 2.03. The minimum Gasteiger partial charge on any atom is -0.373 e. The number of benzene rings is 2. The molecule has 0 aliphatic carbocycles. The second-order valence-electron chi connectivity index (χ2n) is 6.61. The van der Waals surface area contributed by atoms with Gasteiger partial charge in [-0.15, -0.1) is 0 Å². The Labute approximate surface area is 131 Å². The third-order valence-electron chi connectivity index (χ3n) is 5.19. The van der Waals surface area contributed by atoms with Gasteiger partial charge in [-0.05, 0) is 30.2 Å². The summed E-state index contributed by atoms with van der Waals surface area (Å²) in [4.78, 5) is 16.7. The summed E-state index contributed by atoms with van der Waals surface area (Å²) in [6.07, 6.45) is 0.543. The van der Waals surface area contributed by atoms with Gasteiger partial charge in [0.15, 0.2) is 0 Å². The summed E-state index contributed by atoms with van der Waals surface area (Å²) < 4.78 is 0. The van der Waals surface area contributed by atoms with Crippen LogP contribution >= 0.6 is 0 Å². The molecule has 3 nitrogen and oxygen atoms in total. The van der Waals surface area contributed by atoms with E-state index in [1.54, 1.807) is 4.90 Å². The van der Waals surface area contributed by atoms with E-state index in [-0.39, 0.29) is 11.3 Å². The highest BCUT2D eigenvalue weighted by Crippen LogP contribution is 2.51. The van der Waals surface area contributed by atoms with Crippen LogP contribution in [0.3, 0.4) is 0 Å². The zero-order valence-corrected chi connectivity index (χ0v) is 13.3. The van der Waals surface area contributed by atoms with Gasteiger partial charge in [0.2, 0.25) is 5.91 Å². The van der Waals surface area contributed by atoms with Crippen LogP contribution in [0.25, 0.3) is 0 Å². The Morgan fingerprint density at radius 2 is 1.77 bits per heavy atom. The van der Waals surface area contributed by atoms with Crippen LogP contribution in [0, 0.1) is 6.92 Å². The fourth-order valence-corrected chi connectivity index (χ4v) is 4.10. The van der Waals surface area contributed by atoms with Crippen molar-refractivity contribution in [2.24, 2.45) is 0 Å². The zero-order valence-electron chi connectivity index (χ0n) is 13.3. The largest absolute Gasteiger partial charge is 0.373 e. The summed E-state index contributed by atoms with van der Waals surface area (Å²) in [6.45, 7) is 2.98. The second kappa shape index (κ2) is 4.35. The molecule has 22 heavy (non-hydrogen) atoms. The molecule has 3 heteroatoms. The molecule has 2 aromatic carbocycles. The van der Waals surface area contributed by atoms with Crippen LogP contribution in [0.4, 0.5) is 11.4 Å². The smallest absolute Gasteiger partial charge is 0.228 e. The minimum atomic E-state index is -0.212. The molecule has 0 bridgehead atoms. The van der Waals surface area contributed by atoms with Gasteiger partial charge in [-0.25, -0.2) is 0 Å². The maximum atomic E-state index is 12.6. The van der Waals surface area contributed by atoms with Crippen LogP contribution in [0.5, 0.6) is 0 Å². The number of para-hydroxylation sites is 1. The van der Waals surface area contributed by atoms with E-state index in [4.69, 9.17) is 0 Å². The molecule has 4 rings (SSSR count). The van der Waals surface area contributed by atoms with E-state index in [1.165, 1.54) is 22.4 Å². The molecular formula is C19H20N2O. The highest BCUT2D eigenvalue weighted by molar-refractivity contribution is 5.99. The zero-order chi connectivity index (χ0) is 15.5. The number of aryl methyl sites for hydroxylation is 1. The van der Waals surface area contributed by atoms with Crippen molar-refractivity contribution in [1.82, 2.24) is 0 Å². The lowest BCUT2D eigenvalue weighted by atomic mass is 9.70. The monoisotopic (exact) mass is 292 g/mol. The molecule has 0 radical (unpaired) electrons. The van der Waals surface area contributed by atoms with Crippen molar-refractivity contribution in [2.75, 3.05) is 30.4 Å². The Kier molecular flexibility index (Phi) is 2.65. The predicted molar refractivity (Wildman–Crippen MR) is 89.7 cm³/mol. The Bertz CT molecular complexity index is 783. The molecule has 1 spiro atoms. The van der Waals surface area contributed by atoms with E-state index in [0.29, 0.717) is 6.42 Å². The molecule has 2 heterocycles. The van der Waals surface area contributed by atoms with Crippen LogP contribution in [0.15, 0.2) is 42.5 Å². The normalized spacial score (nSPS) is 23.0. The first-order valence-corrected chi connectivity index (χ1v) is 7.71. The number of rotatable bonds is 0. The molecule has 0 fully saturated rings. The van der Waals surface area contributed by atoms with Gasteiger partial charge >= 0.3 is 0 Å². The van der Waals surface area contributed by atoms with E-state index in [1.807, 2.05) is 13.1 Å². The van der Waals surface area contributed by atoms with Crippen LogP contribution < -0.4 is 9.80 Å². The first-order valence-electron chi connectivity index (χ1n) is 7.71. The molecule has 1 atom stereocenters. The number of carbonyl (C=O) groups excluding carboxylic acids is 1. The third kappa shape index (κ3) is 1.59. The molecule has 2 aliphatic heterocycles. The van der Waals surface area contributed by atoms with Crippen molar-refractivity contribution >= 4 is 17.3 Å². The molecule has 112 valence electrons. The topological polar surface area (TPSA) is 23.6 Å². The fraction of sp³-hybridized carbons (Fsp3) is 0.316. The standard InChI is InChI=1S/C19H20N2O/c1-13-8-9-16-15(10-13)19(12-20(16)2)11-18(22)21(3)17-7-5-4-6-14(17)19/h4-10H,11-12H2,1-3H3. The van der Waals surface area contributed by atoms with Gasteiger partial charge in [-0.1, -0.05) is 35.9 Å². The quantitative estimate of drug-likeness (QED) is 0.745. The average molecular weight is 292 g/mol. The SMILES string of the molecule is Cc1ccc2c(c1)C1(CC(=O)N(C)c3ccccc31)CN2C. The number of amides is 1. The Morgan fingerprint density at radius 3 is 2.59 bits per heavy atom. The average Bonchev–Trinajstić information content (AvgIpc) is 2.78. The summed E-state index contributed by atoms with van der Waals surface area (Å²) in [5.41, 5.74) is 5.89. The summed E-state index contributed by atoms with van der Waals surface area (Å²) >= 11 is 0. The summed E-state index contributed by atoms with van der Waals surface area (Å²) in [5, 5.41) is 0. The number of likely N-dealkylation sites (N-methyl/N-ethyl adjacent to an activating group) is 1. The molecule has 1 amide bonds. The van der Waals surface area contributed by atoms with Crippen molar-refractivity contribution in [1.29, 1.82) is 0 Å². The highest BCUT2D eigenvalue weighted by atomic mass is 16.2. The Morgan fingerprint density at radius 1 is 1.00 bits per heavy atom. The van der Waals surface area contributed by atoms with Gasteiger partial charge in [0, 0.05) is 38.4 Å². The molecular weight excluding hydrogens is 272 g/mol. The van der Waals surface area contributed by atoms with Gasteiger partial charge in [0.1, 0.15) is 0 Å². The lowest BCUT2D eigenvalue weighted by molar-refractivity contribution is -0.119. The van der Waals surface area contributed by atoms with Crippen molar-refractivity contribution in [2.45, 2.75) is 18.8 Å². The molecule has 0 aromatic heterocycles. The van der Waals surface area contributed by atoms with Crippen LogP contribution in [0.2, 0.25) is 0 Å². The van der Waals surface area contributed by atoms with Gasteiger partial charge < -0.3 is 9.80 Å². The van der Waals surface area contributed by atoms with Crippen LogP contribution in [-0.4, -0.2) is 26.5 Å². The van der Waals surface area contributed by atoms with Gasteiger partial charge in [-0.2, -0.15) is 0 Å². The number of nitrogens with zero attached hydrogens (tertiary/aromatic N) is 2. The van der Waals surface area contributed by atoms with Crippen molar-refractivity contribution in [3.8, 4) is 0 Å². The van der Waals surface area contributed by atoms with E-state index >= 15 is 0 Å². The maximum absolute atomic E-state index is 12.6. The number of hydrogen-bond donors (Lipinski definition) is 0. The van der Waals surface area contributed by atoms with Crippen molar-refractivity contribution < 1.29 is 4.79 Å². The van der Waals surface area contributed by atoms with Gasteiger partial charge in [0.05, 0.1) is 5.41 Å². The third-order valence-corrected chi connectivity index (χ3v) is 5.19. The Hall–Kier alpha value is -2.29. The maximum Gasteiger partial charge on any atom is 0.228 e. The molecule has 0 saturated heterocycles. The predicted octanol–water partition coefficient (Wildman–Crippen LogP) is 3.10. The molecule has 0 saturated carbocycles.